The zero-order valence-electron chi connectivity index (χ0n) is 83.1. The second-order valence-electron chi connectivity index (χ2n) is 31.6. The summed E-state index contributed by atoms with van der Waals surface area (Å²) >= 11 is 5.15. The minimum Gasteiger partial charge on any atom is -1.00 e. The Morgan fingerprint density at radius 1 is 0.455 bits per heavy atom. The van der Waals surface area contributed by atoms with E-state index in [0.717, 1.165) is 50.8 Å². The molecule has 0 saturated heterocycles. The molecular weight excluding hydrogens is 1990 g/mol. The maximum atomic E-state index is 12.3. The number of likely N-dealkylation sites (N-methyl/N-ethyl adjacent to an activating group) is 2. The number of aldehydes is 1. The topological polar surface area (TPSA) is 303 Å². The molecule has 6 N–H and O–H groups in total. The van der Waals surface area contributed by atoms with E-state index in [1.165, 1.54) is 119 Å². The molecule has 143 heavy (non-hydrogen) atoms. The number of nitrogens with zero attached hydrogens (tertiary/aromatic N) is 5. The van der Waals surface area contributed by atoms with Crippen molar-refractivity contribution in [1.82, 2.24) is 20.3 Å². The molecule has 0 bridgehead atoms. The van der Waals surface area contributed by atoms with Gasteiger partial charge in [0.25, 0.3) is 17.7 Å². The van der Waals surface area contributed by atoms with Crippen LogP contribution in [0, 0.1) is 52.8 Å². The normalized spacial score (nSPS) is 12.7. The number of benzene rings is 6. The van der Waals surface area contributed by atoms with Gasteiger partial charge in [0.05, 0.1) is 46.8 Å². The van der Waals surface area contributed by atoms with Gasteiger partial charge in [-0.3, -0.25) is 52.9 Å². The van der Waals surface area contributed by atoms with Crippen LogP contribution in [0.5, 0.6) is 0 Å². The van der Waals surface area contributed by atoms with Crippen LogP contribution in [-0.2, 0) is 77.1 Å². The van der Waals surface area contributed by atoms with E-state index in [4.69, 9.17) is 38.5 Å². The second-order valence-corrected chi connectivity index (χ2v) is 34.1. The Balaban J connectivity index is -0.000000239. The monoisotopic (exact) mass is 2120 g/mol. The Bertz CT molecular complexity index is 4350. The third-order valence-electron chi connectivity index (χ3n) is 18.2. The molecule has 21 nitrogen and oxygen atoms in total. The van der Waals surface area contributed by atoms with Crippen molar-refractivity contribution in [3.63, 3.8) is 0 Å². The molecule has 6 aromatic rings. The van der Waals surface area contributed by atoms with Gasteiger partial charge in [-0.05, 0) is 135 Å². The number of carbonyl (C=O) groups is 8. The van der Waals surface area contributed by atoms with Crippen molar-refractivity contribution in [1.29, 1.82) is 5.26 Å². The number of nitriles is 1. The van der Waals surface area contributed by atoms with Crippen LogP contribution < -0.4 is 46.2 Å². The van der Waals surface area contributed by atoms with Crippen LogP contribution >= 0.6 is 19.5 Å². The van der Waals surface area contributed by atoms with Gasteiger partial charge < -0.3 is 27.9 Å². The van der Waals surface area contributed by atoms with E-state index < -0.39 is 167 Å². The van der Waals surface area contributed by atoms with Gasteiger partial charge in [0.1, 0.15) is 30.4 Å². The SMILES string of the molecule is C=CC(=O)N(C)OC.CC(=O)CC(F)(F)F.CC(CC(C#N)CCc1ccccc1)CC(F)(F)F.CC(CC(CCc1ccccc1)C(=O)O)CC(F)(F)F.CC(CC(N)C(=O)O)CC(F)(F)F.CC(CC=O)CC(F)(F)F.CON(C)C(=O)/C=C(\C)CC(F)(F)F.CON(C)C(=O)CC(C)CC(F)(F)F.CON(C)C(=O)CCl.NCc1ccccc1.[AlH3].[H-].[Li+].c1ccc(P(c2ccccc2)c2ccccc2)cc1. The van der Waals surface area contributed by atoms with Crippen LogP contribution in [0.25, 0.3) is 0 Å². The number of allylic oxidation sites excluding steroid dienone is 1. The molecule has 46 heteroatoms. The van der Waals surface area contributed by atoms with Crippen molar-refractivity contribution >= 4 is 100 Å². The van der Waals surface area contributed by atoms with Crippen LogP contribution in [0.3, 0.4) is 0 Å². The molecule has 0 saturated carbocycles. The summed E-state index contributed by atoms with van der Waals surface area (Å²) in [4.78, 5) is 102. The number of hydroxylamine groups is 8. The van der Waals surface area contributed by atoms with Crippen molar-refractivity contribution < 1.29 is 180 Å². The summed E-state index contributed by atoms with van der Waals surface area (Å²) in [5, 5.41) is 34.6. The quantitative estimate of drug-likeness (QED) is 0.00540. The van der Waals surface area contributed by atoms with Crippen LogP contribution in [0.4, 0.5) is 92.2 Å². The number of aryl methyl sites for hydroxylation is 2. The van der Waals surface area contributed by atoms with Crippen LogP contribution in [0.15, 0.2) is 206 Å². The second kappa shape index (κ2) is 79.8. The summed E-state index contributed by atoms with van der Waals surface area (Å²) in [6, 6.07) is 62.3. The van der Waals surface area contributed by atoms with Gasteiger partial charge in [0, 0.05) is 91.7 Å². The molecule has 0 aliphatic rings. The van der Waals surface area contributed by atoms with Gasteiger partial charge in [-0.2, -0.15) is 97.5 Å². The van der Waals surface area contributed by atoms with Gasteiger partial charge in [-0.25, -0.2) is 20.3 Å². The van der Waals surface area contributed by atoms with Crippen LogP contribution in [0.2, 0.25) is 0 Å². The molecule has 6 aromatic carbocycles. The zero-order chi connectivity index (χ0) is 110. The summed E-state index contributed by atoms with van der Waals surface area (Å²) in [6.45, 7) is 13.2. The number of ketones is 1. The summed E-state index contributed by atoms with van der Waals surface area (Å²) in [6.07, 6.45) is -31.6. The first-order chi connectivity index (χ1) is 65.1. The number of amides is 4. The molecule has 4 amide bonds. The zero-order valence-corrected chi connectivity index (χ0v) is 83.7. The standard InChI is InChI=1S/C18H15P.C15H18F3N.C15H19F3O2.C8H14F3NO2.C8H12F3NO2.C7H12F3NO2.C7H9N.C6H9F3O.C5H9NO2.C4H8ClNO2.C4H5F3O.Al.Li.4H/c1-4-10-16(11-5-1)19(17-12-6-2-7-13-17)18-14-8-3-9-15-18;1-12(10-15(16,17)18)9-14(11-19)8-7-13-5-3-2-4-6-13;1-11(10-15(16,17)18)9-13(14(19)20)8-7-12-5-3-2-4-6-12;2*1-6(5-8(9,10)11)4-7(13)12(2)14-3;1-4(3-7(8,9)10)2-5(11)6(12)13;8-6-7-4-2-1-3-5-7;1-5(2-3-10)4-6(7,8)9;1-4-5(7)6(2)8-3;1-6(8-2)4(7)3-5;1-3(8)2-4(5,6)7;;;;;;/h1-15H;2-6,12,14H,7-10H2,1H3;2-6,11,13H,7-10H2,1H3,(H,19,20);6H,4-5H2,1-3H3;4H,5H2,1-3H3;4-5H,2-3,11H2,1H3,(H,12,13);1-5H,6,8H2;3,5H,2,4H2,1H3;4H,1H2,2-3H3;3H2,1-2H3;2H2,1H3;;;;;;/q;;;;;;;;;;;;+1;;;;-1/b;;;;6-4+;;;;;;;;;;;;. The summed E-state index contributed by atoms with van der Waals surface area (Å²) in [5.41, 5.74) is 13.7. The fourth-order valence-corrected chi connectivity index (χ4v) is 13.8. The predicted octanol–water partition coefficient (Wildman–Crippen LogP) is 19.0. The number of aliphatic carboxylic acids is 2. The molecule has 0 radical (unpaired) electrons. The molecule has 0 spiro atoms. The van der Waals surface area contributed by atoms with E-state index in [-0.39, 0.29) is 92.5 Å². The van der Waals surface area contributed by atoms with Gasteiger partial charge >= 0.3 is 74.0 Å². The van der Waals surface area contributed by atoms with Crippen molar-refractivity contribution in [2.75, 3.05) is 62.5 Å². The Hall–Kier alpha value is -9.41. The minimum atomic E-state index is -4.33. The van der Waals surface area contributed by atoms with Crippen LogP contribution in [-0.4, -0.2) is 207 Å². The van der Waals surface area contributed by atoms with Gasteiger partial charge in [0.2, 0.25) is 5.91 Å². The largest absolute Gasteiger partial charge is 1.00 e. The third kappa shape index (κ3) is 89.9. The van der Waals surface area contributed by atoms with E-state index >= 15 is 0 Å². The average Bonchev–Trinajstić information content (AvgIpc) is 0.816. The number of carboxylic acid groups (broad SMARTS) is 2. The van der Waals surface area contributed by atoms with Crippen molar-refractivity contribution in [2.45, 2.75) is 207 Å². The van der Waals surface area contributed by atoms with Gasteiger partial charge in [0.15, 0.2) is 17.4 Å². The number of carbonyl (C=O) groups excluding carboxylic acids is 6. The third-order valence-corrected chi connectivity index (χ3v) is 20.8. The molecular formula is C97H134AlClF21LiN7O14P. The van der Waals surface area contributed by atoms with Crippen molar-refractivity contribution in [3.05, 3.63) is 223 Å². The molecule has 0 fully saturated rings. The number of rotatable bonds is 36. The molecule has 0 aliphatic heterocycles. The summed E-state index contributed by atoms with van der Waals surface area (Å²) in [7, 11) is 10.6. The Kier molecular flexibility index (Phi) is 81.8. The molecule has 8 atom stereocenters. The fraction of sp³-hybridized carbons (Fsp3) is 0.495. The summed E-state index contributed by atoms with van der Waals surface area (Å²) in [5.74, 6) is -9.01. The van der Waals surface area contributed by atoms with Crippen LogP contribution in [0.1, 0.15) is 156 Å². The van der Waals surface area contributed by atoms with Crippen molar-refractivity contribution in [3.8, 4) is 6.07 Å². The summed E-state index contributed by atoms with van der Waals surface area (Å²) < 4.78 is 248. The Labute approximate surface area is 853 Å². The van der Waals surface area contributed by atoms with Gasteiger partial charge in [-0.1, -0.05) is 229 Å². The molecule has 0 heterocycles. The van der Waals surface area contributed by atoms with E-state index in [2.05, 4.69) is 123 Å². The van der Waals surface area contributed by atoms with Gasteiger partial charge in [-0.15, -0.1) is 11.6 Å². The Morgan fingerprint density at radius 2 is 0.762 bits per heavy atom. The number of hydrogen-bond donors (Lipinski definition) is 4. The number of carboxylic acids is 2. The maximum absolute atomic E-state index is 12.3. The van der Waals surface area contributed by atoms with E-state index in [1.54, 1.807) is 6.92 Å². The number of Topliss-reactive ketones (excluding diaryl/α,β-unsaturated/α-hetero) is 1. The molecule has 0 aromatic heterocycles. The molecule has 8 unspecified atom stereocenters. The minimum absolute atomic E-state index is 0. The smallest absolute Gasteiger partial charge is 1.00 e. The first kappa shape index (κ1) is 147. The van der Waals surface area contributed by atoms with E-state index in [9.17, 15) is 131 Å². The molecule has 6 rings (SSSR count). The maximum Gasteiger partial charge on any atom is 1.00 e. The van der Waals surface area contributed by atoms with E-state index in [0.29, 0.717) is 38.5 Å². The van der Waals surface area contributed by atoms with Crippen molar-refractivity contribution in [2.24, 2.45) is 52.9 Å². The number of hydrogen-bond acceptors (Lipinski definition) is 15. The van der Waals surface area contributed by atoms with E-state index in [1.807, 2.05) is 91.0 Å². The first-order valence-corrected chi connectivity index (χ1v) is 44.9. The molecule has 804 valence electrons. The predicted molar refractivity (Wildman–Crippen MR) is 510 cm³/mol. The fourth-order valence-electron chi connectivity index (χ4n) is 11.4. The number of nitrogens with two attached hydrogens (primary N) is 2. The Morgan fingerprint density at radius 3 is 1.03 bits per heavy atom. The molecule has 0 aliphatic carbocycles. The average molecular weight is 2120 g/mol. The number of halogens is 22. The first-order valence-electron chi connectivity index (χ1n) is 43.0. The number of alkyl halides is 22.